The normalized spacial score (nSPS) is 11.2. The van der Waals surface area contributed by atoms with Gasteiger partial charge in [0.25, 0.3) is 5.56 Å². The molecule has 1 N–H and O–H groups in total. The Balaban J connectivity index is 2.34. The summed E-state index contributed by atoms with van der Waals surface area (Å²) in [7, 11) is 0. The Morgan fingerprint density at radius 2 is 2.00 bits per heavy atom. The molecule has 0 atom stereocenters. The summed E-state index contributed by atoms with van der Waals surface area (Å²) < 4.78 is 3.34. The predicted molar refractivity (Wildman–Crippen MR) is 88.4 cm³/mol. The van der Waals surface area contributed by atoms with Crippen molar-refractivity contribution < 1.29 is 0 Å². The Labute approximate surface area is 132 Å². The number of fused-ring (bicyclic) bond motifs is 1. The van der Waals surface area contributed by atoms with Crippen LogP contribution in [0.2, 0.25) is 0 Å². The van der Waals surface area contributed by atoms with Gasteiger partial charge >= 0.3 is 5.69 Å². The van der Waals surface area contributed by atoms with Gasteiger partial charge in [-0.2, -0.15) is 0 Å². The van der Waals surface area contributed by atoms with E-state index in [4.69, 9.17) is 0 Å². The number of imidazole rings is 1. The van der Waals surface area contributed by atoms with Crippen molar-refractivity contribution in [3.63, 3.8) is 0 Å². The van der Waals surface area contributed by atoms with Crippen LogP contribution in [0, 0.1) is 0 Å². The second-order valence-electron chi connectivity index (χ2n) is 5.33. The van der Waals surface area contributed by atoms with Crippen molar-refractivity contribution >= 4 is 11.2 Å². The Morgan fingerprint density at radius 3 is 2.65 bits per heavy atom. The zero-order valence-corrected chi connectivity index (χ0v) is 13.2. The maximum atomic E-state index is 12.3. The van der Waals surface area contributed by atoms with E-state index in [0.29, 0.717) is 35.8 Å². The minimum atomic E-state index is -0.413. The molecule has 3 aromatic heterocycles. The summed E-state index contributed by atoms with van der Waals surface area (Å²) in [6, 6.07) is 5.54. The van der Waals surface area contributed by atoms with E-state index in [-0.39, 0.29) is 0 Å². The minimum Gasteiger partial charge on any atom is -0.317 e. The van der Waals surface area contributed by atoms with E-state index >= 15 is 0 Å². The third kappa shape index (κ3) is 2.58. The largest absolute Gasteiger partial charge is 0.330 e. The Hall–Kier alpha value is -2.70. The maximum Gasteiger partial charge on any atom is 0.330 e. The number of aromatic nitrogens is 5. The van der Waals surface area contributed by atoms with E-state index in [0.717, 1.165) is 12.8 Å². The quantitative estimate of drug-likeness (QED) is 0.778. The number of hydrogen-bond donors (Lipinski definition) is 1. The van der Waals surface area contributed by atoms with Gasteiger partial charge in [-0.05, 0) is 25.5 Å². The topological polar surface area (TPSA) is 85.6 Å². The van der Waals surface area contributed by atoms with Gasteiger partial charge < -0.3 is 4.57 Å². The van der Waals surface area contributed by atoms with Gasteiger partial charge in [-0.3, -0.25) is 19.3 Å². The molecule has 0 aliphatic rings. The second-order valence-corrected chi connectivity index (χ2v) is 5.33. The summed E-state index contributed by atoms with van der Waals surface area (Å²) in [5, 5.41) is 0. The molecule has 120 valence electrons. The van der Waals surface area contributed by atoms with Crippen molar-refractivity contribution in [2.24, 2.45) is 0 Å². The first kappa shape index (κ1) is 15.2. The van der Waals surface area contributed by atoms with Crippen LogP contribution in [0.1, 0.15) is 26.7 Å². The first-order valence-electron chi connectivity index (χ1n) is 7.82. The molecule has 0 saturated carbocycles. The number of unbranched alkanes of at least 4 members (excludes halogenated alkanes) is 1. The lowest BCUT2D eigenvalue weighted by Crippen LogP contribution is -2.31. The van der Waals surface area contributed by atoms with Crippen LogP contribution >= 0.6 is 0 Å². The van der Waals surface area contributed by atoms with E-state index in [1.54, 1.807) is 15.3 Å². The van der Waals surface area contributed by atoms with Gasteiger partial charge in [0, 0.05) is 19.3 Å². The fourth-order valence-electron chi connectivity index (χ4n) is 2.69. The van der Waals surface area contributed by atoms with E-state index < -0.39 is 11.2 Å². The number of rotatable bonds is 5. The van der Waals surface area contributed by atoms with Crippen LogP contribution in [-0.4, -0.2) is 24.1 Å². The lowest BCUT2D eigenvalue weighted by molar-refractivity contribution is 0.613. The molecule has 0 fully saturated rings. The molecule has 23 heavy (non-hydrogen) atoms. The highest BCUT2D eigenvalue weighted by Crippen LogP contribution is 2.20. The van der Waals surface area contributed by atoms with Crippen LogP contribution in [0.15, 0.2) is 34.0 Å². The van der Waals surface area contributed by atoms with Crippen molar-refractivity contribution in [1.82, 2.24) is 24.1 Å². The van der Waals surface area contributed by atoms with Crippen LogP contribution < -0.4 is 11.2 Å². The van der Waals surface area contributed by atoms with Crippen LogP contribution in [0.4, 0.5) is 0 Å². The molecule has 0 spiro atoms. The summed E-state index contributed by atoms with van der Waals surface area (Å²) >= 11 is 0. The monoisotopic (exact) mass is 313 g/mol. The highest BCUT2D eigenvalue weighted by Gasteiger charge is 2.18. The molecule has 7 nitrogen and oxygen atoms in total. The first-order chi connectivity index (χ1) is 11.2. The van der Waals surface area contributed by atoms with Crippen molar-refractivity contribution in [1.29, 1.82) is 0 Å². The van der Waals surface area contributed by atoms with Crippen molar-refractivity contribution in [2.75, 3.05) is 0 Å². The molecule has 3 heterocycles. The lowest BCUT2D eigenvalue weighted by Gasteiger charge is -2.06. The molecule has 0 aliphatic heterocycles. The van der Waals surface area contributed by atoms with Crippen molar-refractivity contribution in [3.8, 4) is 11.5 Å². The van der Waals surface area contributed by atoms with Crippen LogP contribution in [-0.2, 0) is 13.1 Å². The highest BCUT2D eigenvalue weighted by molar-refractivity contribution is 5.76. The smallest absolute Gasteiger partial charge is 0.317 e. The summed E-state index contributed by atoms with van der Waals surface area (Å²) in [6.07, 6.45) is 3.48. The number of nitrogens with zero attached hydrogens (tertiary/aromatic N) is 4. The third-order valence-electron chi connectivity index (χ3n) is 3.83. The number of H-pyrrole nitrogens is 1. The van der Waals surface area contributed by atoms with Gasteiger partial charge in [0.15, 0.2) is 17.0 Å². The van der Waals surface area contributed by atoms with E-state index in [9.17, 15) is 9.59 Å². The summed E-state index contributed by atoms with van der Waals surface area (Å²) in [6.45, 7) is 5.09. The van der Waals surface area contributed by atoms with Crippen molar-refractivity contribution in [2.45, 2.75) is 39.8 Å². The van der Waals surface area contributed by atoms with E-state index in [2.05, 4.69) is 21.9 Å². The van der Waals surface area contributed by atoms with Gasteiger partial charge in [0.1, 0.15) is 5.69 Å². The number of pyridine rings is 1. The third-order valence-corrected chi connectivity index (χ3v) is 3.83. The molecule has 0 aliphatic carbocycles. The highest BCUT2D eigenvalue weighted by atomic mass is 16.2. The SMILES string of the molecule is CCCCn1c(=O)[nH]c(=O)c2c1nc(-c1ccccn1)n2CC. The van der Waals surface area contributed by atoms with Gasteiger partial charge in [-0.1, -0.05) is 19.4 Å². The van der Waals surface area contributed by atoms with E-state index in [1.165, 1.54) is 0 Å². The van der Waals surface area contributed by atoms with Gasteiger partial charge in [0.05, 0.1) is 0 Å². The molecule has 3 rings (SSSR count). The fourth-order valence-corrected chi connectivity index (χ4v) is 2.69. The first-order valence-corrected chi connectivity index (χ1v) is 7.82. The van der Waals surface area contributed by atoms with Crippen LogP contribution in [0.5, 0.6) is 0 Å². The average molecular weight is 313 g/mol. The van der Waals surface area contributed by atoms with Gasteiger partial charge in [-0.15, -0.1) is 0 Å². The molecule has 0 aromatic carbocycles. The molecular weight excluding hydrogens is 294 g/mol. The van der Waals surface area contributed by atoms with Gasteiger partial charge in [-0.25, -0.2) is 9.78 Å². The molecule has 0 radical (unpaired) electrons. The average Bonchev–Trinajstić information content (AvgIpc) is 2.95. The van der Waals surface area contributed by atoms with Gasteiger partial charge in [0.2, 0.25) is 0 Å². The molecule has 3 aromatic rings. The minimum absolute atomic E-state index is 0.408. The zero-order chi connectivity index (χ0) is 16.4. The number of hydrogen-bond acceptors (Lipinski definition) is 4. The second kappa shape index (κ2) is 6.20. The lowest BCUT2D eigenvalue weighted by atomic mass is 10.3. The number of nitrogens with one attached hydrogen (secondary N) is 1. The fraction of sp³-hybridized carbons (Fsp3) is 0.375. The number of aromatic amines is 1. The summed E-state index contributed by atoms with van der Waals surface area (Å²) in [4.78, 5) is 35.7. The van der Waals surface area contributed by atoms with Crippen molar-refractivity contribution in [3.05, 3.63) is 45.2 Å². The molecule has 7 heteroatoms. The Morgan fingerprint density at radius 1 is 1.17 bits per heavy atom. The maximum absolute atomic E-state index is 12.3. The molecule has 0 saturated heterocycles. The molecule has 0 bridgehead atoms. The predicted octanol–water partition coefficient (Wildman–Crippen LogP) is 1.77. The Kier molecular flexibility index (Phi) is 4.10. The van der Waals surface area contributed by atoms with E-state index in [1.807, 2.05) is 25.1 Å². The number of aryl methyl sites for hydroxylation is 2. The standard InChI is InChI=1S/C16H19N5O2/c1-3-5-10-21-14-12(15(22)19-16(21)23)20(4-2)13(18-14)11-8-6-7-9-17-11/h6-9H,3-5,10H2,1-2H3,(H,19,22,23). The molecule has 0 amide bonds. The van der Waals surface area contributed by atoms with Crippen LogP contribution in [0.3, 0.4) is 0 Å². The van der Waals surface area contributed by atoms with Crippen LogP contribution in [0.25, 0.3) is 22.7 Å². The summed E-state index contributed by atoms with van der Waals surface area (Å²) in [5.41, 5.74) is 0.705. The Bertz CT molecular complexity index is 937. The molecule has 0 unspecified atom stereocenters. The summed E-state index contributed by atoms with van der Waals surface area (Å²) in [5.74, 6) is 0.601. The zero-order valence-electron chi connectivity index (χ0n) is 13.2. The molecular formula is C16H19N5O2.